The van der Waals surface area contributed by atoms with Gasteiger partial charge in [0.2, 0.25) is 0 Å². The first-order chi connectivity index (χ1) is 14.4. The number of thioether (sulfide) groups is 1. The average molecular weight is 443 g/mol. The lowest BCUT2D eigenvalue weighted by atomic mass is 10.0. The van der Waals surface area contributed by atoms with E-state index in [4.69, 9.17) is 9.47 Å². The van der Waals surface area contributed by atoms with Crippen molar-refractivity contribution in [1.29, 1.82) is 0 Å². The maximum Gasteiger partial charge on any atom is 0.251 e. The SMILES string of the molecule is COc1cc(C)c(C(C)NC(=O)c2ccc(SCc3csc(C)n3)cc2)cc1OC. The normalized spacial score (nSPS) is 11.8. The third kappa shape index (κ3) is 5.34. The fourth-order valence-corrected chi connectivity index (χ4v) is 4.66. The molecular formula is C23H26N2O3S2. The van der Waals surface area contributed by atoms with Crippen LogP contribution in [-0.4, -0.2) is 25.1 Å². The molecule has 0 saturated carbocycles. The van der Waals surface area contributed by atoms with E-state index < -0.39 is 0 Å². The number of amides is 1. The molecule has 0 aliphatic rings. The minimum Gasteiger partial charge on any atom is -0.493 e. The van der Waals surface area contributed by atoms with Crippen molar-refractivity contribution in [3.05, 3.63) is 69.2 Å². The van der Waals surface area contributed by atoms with Gasteiger partial charge in [0.1, 0.15) is 0 Å². The topological polar surface area (TPSA) is 60.5 Å². The molecule has 0 radical (unpaired) electrons. The van der Waals surface area contributed by atoms with Crippen LogP contribution in [0.15, 0.2) is 46.7 Å². The average Bonchev–Trinajstić information content (AvgIpc) is 3.17. The second-order valence-electron chi connectivity index (χ2n) is 6.93. The number of thiazole rings is 1. The molecule has 5 nitrogen and oxygen atoms in total. The molecule has 0 fully saturated rings. The van der Waals surface area contributed by atoms with Gasteiger partial charge in [-0.1, -0.05) is 0 Å². The minimum atomic E-state index is -0.167. The maximum atomic E-state index is 12.7. The molecule has 1 amide bonds. The molecular weight excluding hydrogens is 416 g/mol. The van der Waals surface area contributed by atoms with Gasteiger partial charge in [-0.3, -0.25) is 4.79 Å². The summed E-state index contributed by atoms with van der Waals surface area (Å²) in [4.78, 5) is 18.3. The second kappa shape index (κ2) is 10.00. The number of carbonyl (C=O) groups is 1. The van der Waals surface area contributed by atoms with Crippen molar-refractivity contribution in [2.45, 2.75) is 37.5 Å². The van der Waals surface area contributed by atoms with Gasteiger partial charge in [-0.15, -0.1) is 23.1 Å². The summed E-state index contributed by atoms with van der Waals surface area (Å²) in [6.45, 7) is 5.97. The number of hydrogen-bond acceptors (Lipinski definition) is 6. The zero-order chi connectivity index (χ0) is 21.7. The summed E-state index contributed by atoms with van der Waals surface area (Å²) in [6.07, 6.45) is 0. The summed E-state index contributed by atoms with van der Waals surface area (Å²) < 4.78 is 10.7. The lowest BCUT2D eigenvalue weighted by Gasteiger charge is -2.19. The first kappa shape index (κ1) is 22.2. The molecule has 0 bridgehead atoms. The lowest BCUT2D eigenvalue weighted by Crippen LogP contribution is -2.27. The molecule has 7 heteroatoms. The molecule has 3 rings (SSSR count). The highest BCUT2D eigenvalue weighted by Gasteiger charge is 2.16. The Hall–Kier alpha value is -2.51. The summed E-state index contributed by atoms with van der Waals surface area (Å²) in [6, 6.07) is 11.3. The van der Waals surface area contributed by atoms with Crippen LogP contribution in [0, 0.1) is 13.8 Å². The predicted octanol–water partition coefficient (Wildman–Crippen LogP) is 5.56. The zero-order valence-corrected chi connectivity index (χ0v) is 19.4. The molecule has 30 heavy (non-hydrogen) atoms. The molecule has 0 saturated heterocycles. The predicted molar refractivity (Wildman–Crippen MR) is 123 cm³/mol. The minimum absolute atomic E-state index is 0.108. The van der Waals surface area contributed by atoms with Crippen LogP contribution in [0.5, 0.6) is 11.5 Å². The number of carbonyl (C=O) groups excluding carboxylic acids is 1. The smallest absolute Gasteiger partial charge is 0.251 e. The largest absolute Gasteiger partial charge is 0.493 e. The van der Waals surface area contributed by atoms with Crippen molar-refractivity contribution in [2.24, 2.45) is 0 Å². The van der Waals surface area contributed by atoms with E-state index in [1.165, 1.54) is 0 Å². The molecule has 1 atom stereocenters. The number of nitrogens with one attached hydrogen (secondary N) is 1. The highest BCUT2D eigenvalue weighted by Crippen LogP contribution is 2.33. The van der Waals surface area contributed by atoms with Crippen LogP contribution < -0.4 is 14.8 Å². The van der Waals surface area contributed by atoms with Crippen LogP contribution in [0.1, 0.15) is 45.2 Å². The van der Waals surface area contributed by atoms with Crippen LogP contribution in [0.3, 0.4) is 0 Å². The number of aryl methyl sites for hydroxylation is 2. The Balaban J connectivity index is 1.64. The molecule has 0 aliphatic carbocycles. The van der Waals surface area contributed by atoms with Gasteiger partial charge in [-0.05, 0) is 68.3 Å². The maximum absolute atomic E-state index is 12.7. The first-order valence-corrected chi connectivity index (χ1v) is 11.4. The van der Waals surface area contributed by atoms with Crippen molar-refractivity contribution in [3.63, 3.8) is 0 Å². The second-order valence-corrected chi connectivity index (χ2v) is 9.04. The number of methoxy groups -OCH3 is 2. The van der Waals surface area contributed by atoms with Crippen molar-refractivity contribution >= 4 is 29.0 Å². The quantitative estimate of drug-likeness (QED) is 0.463. The van der Waals surface area contributed by atoms with E-state index in [2.05, 4.69) is 15.7 Å². The third-order valence-corrected chi connectivity index (χ3v) is 6.62. The highest BCUT2D eigenvalue weighted by molar-refractivity contribution is 7.98. The Morgan fingerprint density at radius 2 is 1.80 bits per heavy atom. The van der Waals surface area contributed by atoms with Crippen molar-refractivity contribution in [1.82, 2.24) is 10.3 Å². The summed E-state index contributed by atoms with van der Waals surface area (Å²) in [5, 5.41) is 6.24. The molecule has 1 N–H and O–H groups in total. The Labute approximate surface area is 185 Å². The van der Waals surface area contributed by atoms with Gasteiger partial charge in [0.15, 0.2) is 11.5 Å². The third-order valence-electron chi connectivity index (χ3n) is 4.76. The number of hydrogen-bond donors (Lipinski definition) is 1. The number of ether oxygens (including phenoxy) is 2. The summed E-state index contributed by atoms with van der Waals surface area (Å²) in [5.41, 5.74) is 3.74. The number of aromatic nitrogens is 1. The number of benzene rings is 2. The first-order valence-electron chi connectivity index (χ1n) is 9.58. The van der Waals surface area contributed by atoms with Crippen LogP contribution in [0.25, 0.3) is 0 Å². The molecule has 0 spiro atoms. The Morgan fingerprint density at radius 1 is 1.13 bits per heavy atom. The van der Waals surface area contributed by atoms with Crippen molar-refractivity contribution < 1.29 is 14.3 Å². The monoisotopic (exact) mass is 442 g/mol. The molecule has 1 heterocycles. The fourth-order valence-electron chi connectivity index (χ4n) is 3.15. The summed E-state index contributed by atoms with van der Waals surface area (Å²) in [5.74, 6) is 2.04. The molecule has 2 aromatic carbocycles. The van der Waals surface area contributed by atoms with Gasteiger partial charge in [0, 0.05) is 21.6 Å². The van der Waals surface area contributed by atoms with E-state index in [-0.39, 0.29) is 11.9 Å². The molecule has 1 unspecified atom stereocenters. The van der Waals surface area contributed by atoms with E-state index in [0.717, 1.165) is 32.5 Å². The van der Waals surface area contributed by atoms with E-state index >= 15 is 0 Å². The van der Waals surface area contributed by atoms with Crippen molar-refractivity contribution in [2.75, 3.05) is 14.2 Å². The van der Waals surface area contributed by atoms with Crippen LogP contribution in [0.2, 0.25) is 0 Å². The van der Waals surface area contributed by atoms with E-state index in [0.29, 0.717) is 17.1 Å². The van der Waals surface area contributed by atoms with Gasteiger partial charge in [0.05, 0.1) is 31.0 Å². The van der Waals surface area contributed by atoms with E-state index in [9.17, 15) is 4.79 Å². The highest BCUT2D eigenvalue weighted by atomic mass is 32.2. The lowest BCUT2D eigenvalue weighted by molar-refractivity contribution is 0.0939. The van der Waals surface area contributed by atoms with Gasteiger partial charge < -0.3 is 14.8 Å². The molecule has 158 valence electrons. The number of rotatable bonds is 8. The molecule has 3 aromatic rings. The zero-order valence-electron chi connectivity index (χ0n) is 17.8. The van der Waals surface area contributed by atoms with Crippen LogP contribution in [0.4, 0.5) is 0 Å². The fraction of sp³-hybridized carbons (Fsp3) is 0.304. The van der Waals surface area contributed by atoms with Crippen molar-refractivity contribution in [3.8, 4) is 11.5 Å². The molecule has 1 aromatic heterocycles. The van der Waals surface area contributed by atoms with Gasteiger partial charge in [-0.25, -0.2) is 4.98 Å². The van der Waals surface area contributed by atoms with Crippen LogP contribution >= 0.6 is 23.1 Å². The summed E-state index contributed by atoms with van der Waals surface area (Å²) in [7, 11) is 3.22. The van der Waals surface area contributed by atoms with Gasteiger partial charge >= 0.3 is 0 Å². The Kier molecular flexibility index (Phi) is 7.39. The van der Waals surface area contributed by atoms with Gasteiger partial charge in [0.25, 0.3) is 5.91 Å². The van der Waals surface area contributed by atoms with Gasteiger partial charge in [-0.2, -0.15) is 0 Å². The Morgan fingerprint density at radius 3 is 2.40 bits per heavy atom. The number of nitrogens with zero attached hydrogens (tertiary/aromatic N) is 1. The Bertz CT molecular complexity index is 1020. The van der Waals surface area contributed by atoms with Crippen LogP contribution in [-0.2, 0) is 5.75 Å². The van der Waals surface area contributed by atoms with E-state index in [1.54, 1.807) is 37.3 Å². The summed E-state index contributed by atoms with van der Waals surface area (Å²) >= 11 is 3.38. The standard InChI is InChI=1S/C23H26N2O3S2/c1-14-10-21(27-4)22(28-5)11-20(14)15(2)24-23(26)17-6-8-19(9-7-17)30-13-18-12-29-16(3)25-18/h6-12,15H,13H2,1-5H3,(H,24,26). The molecule has 0 aliphatic heterocycles. The van der Waals surface area contributed by atoms with E-state index in [1.807, 2.05) is 57.2 Å².